The summed E-state index contributed by atoms with van der Waals surface area (Å²) in [5, 5.41) is 14.1. The van der Waals surface area contributed by atoms with E-state index in [1.165, 1.54) is 43.3 Å². The molecule has 2 atom stereocenters. The molecule has 6 nitrogen and oxygen atoms in total. The van der Waals surface area contributed by atoms with E-state index in [1.54, 1.807) is 12.1 Å². The van der Waals surface area contributed by atoms with Gasteiger partial charge in [0.05, 0.1) is 0 Å². The Morgan fingerprint density at radius 3 is 2.29 bits per heavy atom. The number of carboxylic acids is 1. The summed E-state index contributed by atoms with van der Waals surface area (Å²) in [5.74, 6) is -3.69. The third-order valence-corrected chi connectivity index (χ3v) is 4.02. The summed E-state index contributed by atoms with van der Waals surface area (Å²) in [7, 11) is 0. The molecule has 0 aromatic heterocycles. The largest absolute Gasteiger partial charge is 0.480 e. The van der Waals surface area contributed by atoms with Crippen molar-refractivity contribution in [1.29, 1.82) is 0 Å². The van der Waals surface area contributed by atoms with Crippen LogP contribution in [-0.4, -0.2) is 35.0 Å². The van der Waals surface area contributed by atoms with E-state index in [2.05, 4.69) is 10.6 Å². The molecule has 0 saturated heterocycles. The molecule has 3 N–H and O–H groups in total. The lowest BCUT2D eigenvalue weighted by atomic mass is 10.0. The molecule has 0 radical (unpaired) electrons. The number of amides is 2. The fraction of sp³-hybridized carbons (Fsp3) is 0.250. The summed E-state index contributed by atoms with van der Waals surface area (Å²) in [5.41, 5.74) is 0.589. The van der Waals surface area contributed by atoms with Crippen molar-refractivity contribution in [3.05, 3.63) is 71.3 Å². The summed E-state index contributed by atoms with van der Waals surface area (Å²) in [4.78, 5) is 35.5. The Morgan fingerprint density at radius 2 is 1.68 bits per heavy atom. The van der Waals surface area contributed by atoms with Crippen molar-refractivity contribution in [3.63, 3.8) is 0 Å². The summed E-state index contributed by atoms with van der Waals surface area (Å²) in [6.45, 7) is 1.21. The fourth-order valence-electron chi connectivity index (χ4n) is 2.71. The number of rotatable bonds is 8. The van der Waals surface area contributed by atoms with Gasteiger partial charge in [-0.1, -0.05) is 30.3 Å². The Labute approximate surface area is 160 Å². The van der Waals surface area contributed by atoms with Gasteiger partial charge in [-0.15, -0.1) is 0 Å². The quantitative estimate of drug-likeness (QED) is 0.641. The first kappa shape index (κ1) is 21.0. The molecule has 0 aliphatic rings. The van der Waals surface area contributed by atoms with Crippen molar-refractivity contribution >= 4 is 17.8 Å². The average Bonchev–Trinajstić information content (AvgIpc) is 2.61. The van der Waals surface area contributed by atoms with E-state index in [9.17, 15) is 28.3 Å². The number of nitrogens with one attached hydrogen (secondary N) is 2. The van der Waals surface area contributed by atoms with Gasteiger partial charge in [-0.3, -0.25) is 9.59 Å². The molecule has 0 saturated carbocycles. The van der Waals surface area contributed by atoms with Crippen molar-refractivity contribution in [2.45, 2.75) is 31.8 Å². The first-order valence-electron chi connectivity index (χ1n) is 8.54. The maximum Gasteiger partial charge on any atom is 0.326 e. The number of aliphatic carboxylic acids is 1. The molecular weight excluding hydrogens is 370 g/mol. The Hall–Kier alpha value is -3.29. The van der Waals surface area contributed by atoms with Crippen LogP contribution >= 0.6 is 0 Å². The van der Waals surface area contributed by atoms with Crippen LogP contribution in [-0.2, 0) is 27.2 Å². The molecule has 0 fully saturated rings. The highest BCUT2D eigenvalue weighted by Gasteiger charge is 2.27. The number of halogens is 2. The van der Waals surface area contributed by atoms with Gasteiger partial charge in [0, 0.05) is 19.8 Å². The van der Waals surface area contributed by atoms with Gasteiger partial charge >= 0.3 is 5.97 Å². The molecule has 2 aromatic carbocycles. The number of carboxylic acid groups (broad SMARTS) is 1. The van der Waals surface area contributed by atoms with Crippen LogP contribution in [0.15, 0.2) is 48.5 Å². The topological polar surface area (TPSA) is 95.5 Å². The van der Waals surface area contributed by atoms with Crippen LogP contribution in [0.25, 0.3) is 0 Å². The lowest BCUT2D eigenvalue weighted by Crippen LogP contribution is -2.52. The van der Waals surface area contributed by atoms with Gasteiger partial charge in [-0.2, -0.15) is 0 Å². The molecule has 28 heavy (non-hydrogen) atoms. The molecule has 8 heteroatoms. The van der Waals surface area contributed by atoms with Crippen LogP contribution in [0, 0.1) is 11.6 Å². The van der Waals surface area contributed by atoms with Gasteiger partial charge in [0.2, 0.25) is 11.8 Å². The summed E-state index contributed by atoms with van der Waals surface area (Å²) in [6.07, 6.45) is -0.296. The van der Waals surface area contributed by atoms with E-state index in [-0.39, 0.29) is 18.4 Å². The van der Waals surface area contributed by atoms with E-state index >= 15 is 0 Å². The maximum atomic E-state index is 13.8. The molecule has 2 rings (SSSR count). The molecule has 2 amide bonds. The van der Waals surface area contributed by atoms with Gasteiger partial charge in [-0.25, -0.2) is 13.6 Å². The number of carbonyl (C=O) groups is 3. The smallest absolute Gasteiger partial charge is 0.326 e. The molecule has 0 heterocycles. The first-order valence-corrected chi connectivity index (χ1v) is 8.54. The number of hydrogen-bond donors (Lipinski definition) is 3. The highest BCUT2D eigenvalue weighted by Crippen LogP contribution is 2.11. The monoisotopic (exact) mass is 390 g/mol. The van der Waals surface area contributed by atoms with E-state index in [4.69, 9.17) is 0 Å². The SMILES string of the molecule is CC(=O)N[C@H](Cc1cccc(F)c1)C(=O)N[C@H](Cc1ccccc1F)C(=O)O. The predicted octanol–water partition coefficient (Wildman–Crippen LogP) is 1.82. The Bertz CT molecular complexity index is 873. The summed E-state index contributed by atoms with van der Waals surface area (Å²) >= 11 is 0. The lowest BCUT2D eigenvalue weighted by Gasteiger charge is -2.21. The fourth-order valence-corrected chi connectivity index (χ4v) is 2.71. The number of benzene rings is 2. The predicted molar refractivity (Wildman–Crippen MR) is 97.4 cm³/mol. The van der Waals surface area contributed by atoms with Crippen LogP contribution in [0.1, 0.15) is 18.1 Å². The Kier molecular flexibility index (Phi) is 7.20. The molecule has 2 aromatic rings. The maximum absolute atomic E-state index is 13.8. The van der Waals surface area contributed by atoms with Crippen LogP contribution in [0.3, 0.4) is 0 Å². The standard InChI is InChI=1S/C20H20F2N2O4/c1-12(25)23-17(10-13-5-4-7-15(21)9-13)19(26)24-18(20(27)28)11-14-6-2-3-8-16(14)22/h2-9,17-18H,10-11H2,1H3,(H,23,25)(H,24,26)(H,27,28)/t17-,18-/m1/s1. The molecule has 0 aliphatic carbocycles. The number of carbonyl (C=O) groups excluding carboxylic acids is 2. The van der Waals surface area contributed by atoms with Crippen LogP contribution < -0.4 is 10.6 Å². The zero-order chi connectivity index (χ0) is 20.7. The van der Waals surface area contributed by atoms with E-state index in [1.807, 2.05) is 0 Å². The van der Waals surface area contributed by atoms with E-state index in [0.717, 1.165) is 0 Å². The Balaban J connectivity index is 2.15. The van der Waals surface area contributed by atoms with Crippen LogP contribution in [0.4, 0.5) is 8.78 Å². The highest BCUT2D eigenvalue weighted by molar-refractivity contribution is 5.90. The van der Waals surface area contributed by atoms with Gasteiger partial charge in [-0.05, 0) is 29.3 Å². The zero-order valence-electron chi connectivity index (χ0n) is 15.1. The summed E-state index contributed by atoms with van der Waals surface area (Å²) < 4.78 is 27.2. The minimum Gasteiger partial charge on any atom is -0.480 e. The Morgan fingerprint density at radius 1 is 0.964 bits per heavy atom. The van der Waals surface area contributed by atoms with Crippen molar-refractivity contribution in [2.75, 3.05) is 0 Å². The third kappa shape index (κ3) is 6.15. The van der Waals surface area contributed by atoms with Crippen molar-refractivity contribution < 1.29 is 28.3 Å². The van der Waals surface area contributed by atoms with E-state index < -0.39 is 41.5 Å². The first-order chi connectivity index (χ1) is 13.3. The second-order valence-electron chi connectivity index (χ2n) is 6.28. The van der Waals surface area contributed by atoms with Gasteiger partial charge < -0.3 is 15.7 Å². The molecule has 0 bridgehead atoms. The minimum atomic E-state index is -1.40. The second-order valence-corrected chi connectivity index (χ2v) is 6.28. The molecule has 0 aliphatic heterocycles. The zero-order valence-corrected chi connectivity index (χ0v) is 15.1. The summed E-state index contributed by atoms with van der Waals surface area (Å²) in [6, 6.07) is 8.65. The van der Waals surface area contributed by atoms with E-state index in [0.29, 0.717) is 5.56 Å². The average molecular weight is 390 g/mol. The number of hydrogen-bond acceptors (Lipinski definition) is 3. The van der Waals surface area contributed by atoms with Crippen LogP contribution in [0.5, 0.6) is 0 Å². The molecule has 0 unspecified atom stereocenters. The molecular formula is C20H20F2N2O4. The van der Waals surface area contributed by atoms with Crippen LogP contribution in [0.2, 0.25) is 0 Å². The lowest BCUT2D eigenvalue weighted by molar-refractivity contribution is -0.142. The van der Waals surface area contributed by atoms with Crippen molar-refractivity contribution in [1.82, 2.24) is 10.6 Å². The molecule has 148 valence electrons. The highest BCUT2D eigenvalue weighted by atomic mass is 19.1. The molecule has 0 spiro atoms. The third-order valence-electron chi connectivity index (χ3n) is 4.02. The van der Waals surface area contributed by atoms with Crippen molar-refractivity contribution in [3.8, 4) is 0 Å². The van der Waals surface area contributed by atoms with Gasteiger partial charge in [0.25, 0.3) is 0 Å². The minimum absolute atomic E-state index is 0.0325. The van der Waals surface area contributed by atoms with Gasteiger partial charge in [0.1, 0.15) is 23.7 Å². The normalized spacial score (nSPS) is 12.7. The second kappa shape index (κ2) is 9.59. The van der Waals surface area contributed by atoms with Crippen molar-refractivity contribution in [2.24, 2.45) is 0 Å². The van der Waals surface area contributed by atoms with Gasteiger partial charge in [0.15, 0.2) is 0 Å².